The summed E-state index contributed by atoms with van der Waals surface area (Å²) in [5.74, 6) is -0.319. The second-order valence-electron chi connectivity index (χ2n) is 5.18. The van der Waals surface area contributed by atoms with Gasteiger partial charge >= 0.3 is 0 Å². The number of amides is 1. The average molecular weight is 369 g/mol. The van der Waals surface area contributed by atoms with Crippen molar-refractivity contribution in [1.29, 1.82) is 0 Å². The minimum absolute atomic E-state index is 0.315. The summed E-state index contributed by atoms with van der Waals surface area (Å²) in [4.78, 5) is 17.1. The first-order valence-corrected chi connectivity index (χ1v) is 7.91. The molecule has 1 amide bonds. The van der Waals surface area contributed by atoms with Gasteiger partial charge in [0.25, 0.3) is 5.91 Å². The third-order valence-corrected chi connectivity index (χ3v) is 4.45. The molecule has 0 spiro atoms. The lowest BCUT2D eigenvalue weighted by Crippen LogP contribution is -2.16. The van der Waals surface area contributed by atoms with Gasteiger partial charge in [0, 0.05) is 6.20 Å². The SMILES string of the molecule is Cc1ccc2nc(C)c(C(=O)Nc3cc(Cl)c(Cl)cc3Cl)n2c1. The standard InChI is InChI=1S/C16H12Cl3N3O/c1-8-3-4-14-20-9(2)15(22(14)7-8)16(23)21-13-6-11(18)10(17)5-12(13)19/h3-7H,1-2H3,(H,21,23). The van der Waals surface area contributed by atoms with Crippen LogP contribution >= 0.6 is 34.8 Å². The van der Waals surface area contributed by atoms with Crippen molar-refractivity contribution >= 4 is 52.0 Å². The predicted octanol–water partition coefficient (Wildman–Crippen LogP) is 5.16. The van der Waals surface area contributed by atoms with Gasteiger partial charge < -0.3 is 5.32 Å². The Labute approximate surface area is 148 Å². The highest BCUT2D eigenvalue weighted by Gasteiger charge is 2.18. The molecule has 0 saturated carbocycles. The molecule has 4 nitrogen and oxygen atoms in total. The molecule has 118 valence electrons. The largest absolute Gasteiger partial charge is 0.319 e. The van der Waals surface area contributed by atoms with Gasteiger partial charge in [-0.3, -0.25) is 9.20 Å². The summed E-state index contributed by atoms with van der Waals surface area (Å²) in [7, 11) is 0. The Balaban J connectivity index is 2.03. The van der Waals surface area contributed by atoms with Gasteiger partial charge in [0.1, 0.15) is 11.3 Å². The number of aryl methyl sites for hydroxylation is 2. The average Bonchev–Trinajstić information content (AvgIpc) is 2.80. The van der Waals surface area contributed by atoms with Gasteiger partial charge in [0.05, 0.1) is 26.4 Å². The molecule has 0 fully saturated rings. The molecular weight excluding hydrogens is 357 g/mol. The van der Waals surface area contributed by atoms with Crippen LogP contribution in [0.4, 0.5) is 5.69 Å². The zero-order valence-corrected chi connectivity index (χ0v) is 14.6. The lowest BCUT2D eigenvalue weighted by atomic mass is 10.2. The second-order valence-corrected chi connectivity index (χ2v) is 6.40. The molecule has 0 unspecified atom stereocenters. The Kier molecular flexibility index (Phi) is 4.23. The molecule has 23 heavy (non-hydrogen) atoms. The zero-order chi connectivity index (χ0) is 16.7. The van der Waals surface area contributed by atoms with E-state index in [1.807, 2.05) is 25.3 Å². The van der Waals surface area contributed by atoms with Crippen molar-refractivity contribution in [2.45, 2.75) is 13.8 Å². The molecule has 2 aromatic heterocycles. The molecule has 0 atom stereocenters. The number of halogens is 3. The highest BCUT2D eigenvalue weighted by atomic mass is 35.5. The molecule has 2 heterocycles. The van der Waals surface area contributed by atoms with E-state index in [0.29, 0.717) is 37.8 Å². The second kappa shape index (κ2) is 6.04. The first-order valence-electron chi connectivity index (χ1n) is 6.78. The number of fused-ring (bicyclic) bond motifs is 1. The number of rotatable bonds is 2. The van der Waals surface area contributed by atoms with Crippen LogP contribution in [0.2, 0.25) is 15.1 Å². The number of anilines is 1. The van der Waals surface area contributed by atoms with E-state index in [4.69, 9.17) is 34.8 Å². The number of carbonyl (C=O) groups excluding carboxylic acids is 1. The van der Waals surface area contributed by atoms with Crippen molar-refractivity contribution in [2.24, 2.45) is 0 Å². The number of aromatic nitrogens is 2. The fourth-order valence-corrected chi connectivity index (χ4v) is 2.94. The van der Waals surface area contributed by atoms with E-state index in [1.54, 1.807) is 11.3 Å². The number of carbonyl (C=O) groups is 1. The summed E-state index contributed by atoms with van der Waals surface area (Å²) in [6, 6.07) is 6.82. The maximum absolute atomic E-state index is 12.7. The van der Waals surface area contributed by atoms with E-state index >= 15 is 0 Å². The van der Waals surface area contributed by atoms with Crippen LogP contribution < -0.4 is 5.32 Å². The summed E-state index contributed by atoms with van der Waals surface area (Å²) in [6.07, 6.45) is 1.86. The normalized spacial score (nSPS) is 11.0. The monoisotopic (exact) mass is 367 g/mol. The van der Waals surface area contributed by atoms with Crippen molar-refractivity contribution < 1.29 is 4.79 Å². The van der Waals surface area contributed by atoms with Crippen LogP contribution in [0.15, 0.2) is 30.5 Å². The molecule has 0 aliphatic rings. The topological polar surface area (TPSA) is 46.4 Å². The van der Waals surface area contributed by atoms with Crippen LogP contribution in [0.5, 0.6) is 0 Å². The number of nitrogens with one attached hydrogen (secondary N) is 1. The fourth-order valence-electron chi connectivity index (χ4n) is 2.34. The quantitative estimate of drug-likeness (QED) is 0.635. The molecular formula is C16H12Cl3N3O. The summed E-state index contributed by atoms with van der Waals surface area (Å²) < 4.78 is 1.76. The lowest BCUT2D eigenvalue weighted by molar-refractivity contribution is 0.102. The van der Waals surface area contributed by atoms with Gasteiger partial charge in [-0.1, -0.05) is 40.9 Å². The molecule has 0 bridgehead atoms. The third kappa shape index (κ3) is 3.02. The first kappa shape index (κ1) is 16.1. The Morgan fingerprint density at radius 3 is 2.52 bits per heavy atom. The Hall–Kier alpha value is -1.75. The zero-order valence-electron chi connectivity index (χ0n) is 12.3. The van der Waals surface area contributed by atoms with Gasteiger partial charge in [-0.05, 0) is 37.6 Å². The minimum atomic E-state index is -0.319. The maximum Gasteiger partial charge on any atom is 0.274 e. The summed E-state index contributed by atoms with van der Waals surface area (Å²) in [6.45, 7) is 3.74. The number of pyridine rings is 1. The van der Waals surface area contributed by atoms with Gasteiger partial charge in [-0.2, -0.15) is 0 Å². The Morgan fingerprint density at radius 2 is 1.78 bits per heavy atom. The van der Waals surface area contributed by atoms with Crippen LogP contribution in [0.3, 0.4) is 0 Å². The van der Waals surface area contributed by atoms with E-state index in [9.17, 15) is 4.79 Å². The number of hydrogen-bond acceptors (Lipinski definition) is 2. The van der Waals surface area contributed by atoms with Gasteiger partial charge in [0.15, 0.2) is 0 Å². The first-order chi connectivity index (χ1) is 10.9. The van der Waals surface area contributed by atoms with Gasteiger partial charge in [-0.25, -0.2) is 4.98 Å². The Morgan fingerprint density at radius 1 is 1.09 bits per heavy atom. The Bertz CT molecular complexity index is 934. The van der Waals surface area contributed by atoms with Crippen LogP contribution in [-0.2, 0) is 0 Å². The van der Waals surface area contributed by atoms with E-state index < -0.39 is 0 Å². The number of benzene rings is 1. The van der Waals surface area contributed by atoms with Crippen LogP contribution in [0.1, 0.15) is 21.7 Å². The van der Waals surface area contributed by atoms with Crippen LogP contribution in [0.25, 0.3) is 5.65 Å². The van der Waals surface area contributed by atoms with Crippen molar-refractivity contribution in [3.8, 4) is 0 Å². The number of hydrogen-bond donors (Lipinski definition) is 1. The molecule has 0 aliphatic heterocycles. The summed E-state index contributed by atoms with van der Waals surface area (Å²) >= 11 is 18.0. The fraction of sp³-hybridized carbons (Fsp3) is 0.125. The summed E-state index contributed by atoms with van der Waals surface area (Å²) in [5, 5.41) is 3.72. The molecule has 7 heteroatoms. The van der Waals surface area contributed by atoms with Gasteiger partial charge in [-0.15, -0.1) is 0 Å². The molecule has 0 saturated heterocycles. The smallest absolute Gasteiger partial charge is 0.274 e. The molecule has 1 aromatic carbocycles. The van der Waals surface area contributed by atoms with Crippen molar-refractivity contribution in [3.63, 3.8) is 0 Å². The maximum atomic E-state index is 12.7. The molecule has 3 rings (SSSR count). The number of nitrogens with zero attached hydrogens (tertiary/aromatic N) is 2. The molecule has 0 radical (unpaired) electrons. The predicted molar refractivity (Wildman–Crippen MR) is 94.1 cm³/mol. The van der Waals surface area contributed by atoms with Crippen molar-refractivity contribution in [1.82, 2.24) is 9.38 Å². The third-order valence-electron chi connectivity index (χ3n) is 3.41. The molecule has 3 aromatic rings. The highest BCUT2D eigenvalue weighted by molar-refractivity contribution is 6.44. The number of imidazole rings is 1. The van der Waals surface area contributed by atoms with E-state index in [-0.39, 0.29) is 5.91 Å². The van der Waals surface area contributed by atoms with Gasteiger partial charge in [0.2, 0.25) is 0 Å². The summed E-state index contributed by atoms with van der Waals surface area (Å²) in [5.41, 5.74) is 3.21. The molecule has 0 aliphatic carbocycles. The van der Waals surface area contributed by atoms with Crippen molar-refractivity contribution in [3.05, 3.63) is 62.5 Å². The highest BCUT2D eigenvalue weighted by Crippen LogP contribution is 2.32. The lowest BCUT2D eigenvalue weighted by Gasteiger charge is -2.09. The van der Waals surface area contributed by atoms with E-state index in [0.717, 1.165) is 5.56 Å². The van der Waals surface area contributed by atoms with Crippen LogP contribution in [-0.4, -0.2) is 15.3 Å². The molecule has 1 N–H and O–H groups in total. The minimum Gasteiger partial charge on any atom is -0.319 e. The van der Waals surface area contributed by atoms with Crippen molar-refractivity contribution in [2.75, 3.05) is 5.32 Å². The van der Waals surface area contributed by atoms with E-state index in [1.165, 1.54) is 12.1 Å². The van der Waals surface area contributed by atoms with Crippen LogP contribution in [0, 0.1) is 13.8 Å². The van der Waals surface area contributed by atoms with E-state index in [2.05, 4.69) is 10.3 Å².